The highest BCUT2D eigenvalue weighted by atomic mass is 16.6. The van der Waals surface area contributed by atoms with Crippen molar-refractivity contribution in [1.29, 1.82) is 0 Å². The fourth-order valence-corrected chi connectivity index (χ4v) is 0.910. The first-order valence-electron chi connectivity index (χ1n) is 5.56. The van der Waals surface area contributed by atoms with Crippen LogP contribution in [0.1, 0.15) is 20.3 Å². The first kappa shape index (κ1) is 16.0. The number of alkyl carbamates (subject to hydrolysis) is 1. The number of hydrogen-bond acceptors (Lipinski definition) is 5. The van der Waals surface area contributed by atoms with Crippen molar-refractivity contribution < 1.29 is 23.8 Å². The van der Waals surface area contributed by atoms with E-state index in [1.807, 2.05) is 6.92 Å². The summed E-state index contributed by atoms with van der Waals surface area (Å²) in [6.45, 7) is 7.41. The van der Waals surface area contributed by atoms with Crippen LogP contribution in [0.25, 0.3) is 0 Å². The molecule has 0 aliphatic rings. The maximum Gasteiger partial charge on any atom is 0.407 e. The summed E-state index contributed by atoms with van der Waals surface area (Å²) in [5.41, 5.74) is 0. The van der Waals surface area contributed by atoms with E-state index in [4.69, 9.17) is 14.2 Å². The van der Waals surface area contributed by atoms with Gasteiger partial charge in [-0.25, -0.2) is 4.79 Å². The Hall–Kier alpha value is -1.98. The van der Waals surface area contributed by atoms with Crippen LogP contribution in [0.4, 0.5) is 4.79 Å². The Bertz CT molecular complexity index is 312. The monoisotopic (exact) mass is 257 g/mol. The minimum Gasteiger partial charge on any atom is -0.498 e. The molecule has 0 saturated carbocycles. The Morgan fingerprint density at radius 1 is 1.33 bits per heavy atom. The van der Waals surface area contributed by atoms with E-state index in [0.717, 1.165) is 0 Å². The van der Waals surface area contributed by atoms with Gasteiger partial charge >= 0.3 is 12.1 Å². The highest BCUT2D eigenvalue weighted by Crippen LogP contribution is 1.94. The second-order valence-electron chi connectivity index (χ2n) is 3.33. The molecule has 1 N–H and O–H groups in total. The molecular formula is C12H19NO5. The quantitative estimate of drug-likeness (QED) is 0.407. The summed E-state index contributed by atoms with van der Waals surface area (Å²) in [4.78, 5) is 22.2. The van der Waals surface area contributed by atoms with Crippen LogP contribution in [-0.4, -0.2) is 31.8 Å². The molecule has 0 heterocycles. The highest BCUT2D eigenvalue weighted by Gasteiger charge is 2.05. The molecular weight excluding hydrogens is 238 g/mol. The van der Waals surface area contributed by atoms with Crippen molar-refractivity contribution in [3.63, 3.8) is 0 Å². The Kier molecular flexibility index (Phi) is 9.07. The van der Waals surface area contributed by atoms with E-state index in [1.165, 1.54) is 6.26 Å². The Labute approximate surface area is 107 Å². The van der Waals surface area contributed by atoms with Gasteiger partial charge in [0.1, 0.15) is 13.2 Å². The maximum atomic E-state index is 11.1. The molecule has 0 spiro atoms. The summed E-state index contributed by atoms with van der Waals surface area (Å²) in [6, 6.07) is 0. The van der Waals surface area contributed by atoms with Crippen LogP contribution in [0.2, 0.25) is 0 Å². The van der Waals surface area contributed by atoms with Gasteiger partial charge in [0.2, 0.25) is 0 Å². The summed E-state index contributed by atoms with van der Waals surface area (Å²) in [5, 5.41) is 2.41. The van der Waals surface area contributed by atoms with Crippen LogP contribution in [-0.2, 0) is 19.0 Å². The third-order valence-electron chi connectivity index (χ3n) is 1.55. The maximum absolute atomic E-state index is 11.1. The minimum atomic E-state index is -0.595. The molecule has 1 amide bonds. The Morgan fingerprint density at radius 2 is 2.06 bits per heavy atom. The van der Waals surface area contributed by atoms with Crippen molar-refractivity contribution in [2.45, 2.75) is 20.3 Å². The SMILES string of the molecule is C=C(C)OC(=O)CCNC(=O)OCCO/C=C/C. The van der Waals surface area contributed by atoms with Crippen molar-refractivity contribution in [3.8, 4) is 0 Å². The number of allylic oxidation sites excluding steroid dienone is 2. The van der Waals surface area contributed by atoms with E-state index in [0.29, 0.717) is 5.76 Å². The Balaban J connectivity index is 3.47. The minimum absolute atomic E-state index is 0.0665. The van der Waals surface area contributed by atoms with Crippen LogP contribution in [0.15, 0.2) is 24.7 Å². The molecule has 6 heteroatoms. The third kappa shape index (κ3) is 10.5. The second kappa shape index (κ2) is 10.2. The molecule has 0 aromatic rings. The van der Waals surface area contributed by atoms with Crippen molar-refractivity contribution in [1.82, 2.24) is 5.32 Å². The number of ether oxygens (including phenoxy) is 3. The smallest absolute Gasteiger partial charge is 0.407 e. The molecule has 0 atom stereocenters. The van der Waals surface area contributed by atoms with Crippen LogP contribution in [0.5, 0.6) is 0 Å². The van der Waals surface area contributed by atoms with E-state index < -0.39 is 12.1 Å². The predicted molar refractivity (Wildman–Crippen MR) is 65.6 cm³/mol. The molecule has 0 saturated heterocycles. The molecule has 0 rings (SSSR count). The first-order valence-corrected chi connectivity index (χ1v) is 5.56. The van der Waals surface area contributed by atoms with Gasteiger partial charge in [-0.1, -0.05) is 12.7 Å². The van der Waals surface area contributed by atoms with Gasteiger partial charge in [0.05, 0.1) is 18.4 Å². The van der Waals surface area contributed by atoms with E-state index >= 15 is 0 Å². The van der Waals surface area contributed by atoms with E-state index in [-0.39, 0.29) is 26.2 Å². The van der Waals surface area contributed by atoms with Crippen LogP contribution >= 0.6 is 0 Å². The van der Waals surface area contributed by atoms with Gasteiger partial charge in [-0.2, -0.15) is 0 Å². The molecule has 0 aliphatic heterocycles. The van der Waals surface area contributed by atoms with Crippen molar-refractivity contribution in [3.05, 3.63) is 24.7 Å². The zero-order chi connectivity index (χ0) is 13.8. The number of carbonyl (C=O) groups excluding carboxylic acids is 2. The standard InChI is InChI=1S/C12H19NO5/c1-4-7-16-8-9-17-12(15)13-6-5-11(14)18-10(2)3/h4,7H,2,5-6,8-9H2,1,3H3,(H,13,15)/b7-4+. The van der Waals surface area contributed by atoms with E-state index in [9.17, 15) is 9.59 Å². The van der Waals surface area contributed by atoms with Crippen LogP contribution in [0.3, 0.4) is 0 Å². The molecule has 0 aromatic carbocycles. The average molecular weight is 257 g/mol. The molecule has 0 unspecified atom stereocenters. The summed E-state index contributed by atoms with van der Waals surface area (Å²) in [5.74, 6) is -0.122. The lowest BCUT2D eigenvalue weighted by Crippen LogP contribution is -2.28. The van der Waals surface area contributed by atoms with Gasteiger partial charge in [0.15, 0.2) is 0 Å². The zero-order valence-electron chi connectivity index (χ0n) is 10.7. The van der Waals surface area contributed by atoms with Gasteiger partial charge in [0, 0.05) is 6.54 Å². The molecule has 6 nitrogen and oxygen atoms in total. The van der Waals surface area contributed by atoms with Crippen molar-refractivity contribution >= 4 is 12.1 Å². The largest absolute Gasteiger partial charge is 0.498 e. The first-order chi connectivity index (χ1) is 8.56. The van der Waals surface area contributed by atoms with Crippen LogP contribution < -0.4 is 5.32 Å². The summed E-state index contributed by atoms with van der Waals surface area (Å²) in [6.07, 6.45) is 2.71. The molecule has 0 bridgehead atoms. The number of esters is 1. The van der Waals surface area contributed by atoms with Crippen molar-refractivity contribution in [2.24, 2.45) is 0 Å². The average Bonchev–Trinajstić information content (AvgIpc) is 2.27. The Morgan fingerprint density at radius 3 is 2.67 bits per heavy atom. The molecule has 0 aliphatic carbocycles. The number of carbonyl (C=O) groups is 2. The van der Waals surface area contributed by atoms with Gasteiger partial charge in [-0.05, 0) is 13.8 Å². The fraction of sp³-hybridized carbons (Fsp3) is 0.500. The van der Waals surface area contributed by atoms with Gasteiger partial charge in [-0.3, -0.25) is 4.79 Å². The summed E-state index contributed by atoms with van der Waals surface area (Å²) in [7, 11) is 0. The van der Waals surface area contributed by atoms with Crippen LogP contribution in [0, 0.1) is 0 Å². The highest BCUT2D eigenvalue weighted by molar-refractivity contribution is 5.72. The molecule has 102 valence electrons. The lowest BCUT2D eigenvalue weighted by molar-refractivity contribution is -0.139. The molecule has 0 aromatic heterocycles. The summed E-state index contributed by atoms with van der Waals surface area (Å²) >= 11 is 0. The normalized spacial score (nSPS) is 9.89. The van der Waals surface area contributed by atoms with Crippen molar-refractivity contribution in [2.75, 3.05) is 19.8 Å². The molecule has 0 radical (unpaired) electrons. The predicted octanol–water partition coefficient (Wildman–Crippen LogP) is 1.73. The van der Waals surface area contributed by atoms with E-state index in [2.05, 4.69) is 11.9 Å². The van der Waals surface area contributed by atoms with Gasteiger partial charge < -0.3 is 19.5 Å². The molecule has 18 heavy (non-hydrogen) atoms. The summed E-state index contributed by atoms with van der Waals surface area (Å²) < 4.78 is 14.4. The fourth-order valence-electron chi connectivity index (χ4n) is 0.910. The van der Waals surface area contributed by atoms with Gasteiger partial charge in [-0.15, -0.1) is 0 Å². The molecule has 0 fully saturated rings. The lowest BCUT2D eigenvalue weighted by atomic mass is 10.4. The third-order valence-corrected chi connectivity index (χ3v) is 1.55. The zero-order valence-corrected chi connectivity index (χ0v) is 10.7. The topological polar surface area (TPSA) is 73.9 Å². The number of nitrogens with one attached hydrogen (secondary N) is 1. The van der Waals surface area contributed by atoms with E-state index in [1.54, 1.807) is 13.0 Å². The number of rotatable bonds is 8. The van der Waals surface area contributed by atoms with Gasteiger partial charge in [0.25, 0.3) is 0 Å². The lowest BCUT2D eigenvalue weighted by Gasteiger charge is -2.06. The number of hydrogen-bond donors (Lipinski definition) is 1. The second-order valence-corrected chi connectivity index (χ2v) is 3.33. The number of amides is 1.